The van der Waals surface area contributed by atoms with E-state index in [9.17, 15) is 0 Å². The molecule has 1 unspecified atom stereocenters. The molecule has 2 heteroatoms. The van der Waals surface area contributed by atoms with E-state index >= 15 is 0 Å². The molecule has 1 aromatic carbocycles. The van der Waals surface area contributed by atoms with Crippen molar-refractivity contribution in [1.82, 2.24) is 9.80 Å². The first-order valence-electron chi connectivity index (χ1n) is 17.6. The van der Waals surface area contributed by atoms with Crippen LogP contribution in [-0.4, -0.2) is 22.5 Å². The molecule has 224 valence electrons. The van der Waals surface area contributed by atoms with Crippen LogP contribution in [0.1, 0.15) is 174 Å². The summed E-state index contributed by atoms with van der Waals surface area (Å²) in [7, 11) is 0. The predicted octanol–water partition coefficient (Wildman–Crippen LogP) is 12.0. The molecule has 1 aliphatic rings. The molecule has 0 amide bonds. The summed E-state index contributed by atoms with van der Waals surface area (Å²) in [5.41, 5.74) is 1.43. The minimum atomic E-state index is 0.552. The quantitative estimate of drug-likeness (QED) is 0.103. The summed E-state index contributed by atoms with van der Waals surface area (Å²) in [6.45, 7) is 6.87. The highest BCUT2D eigenvalue weighted by molar-refractivity contribution is 5.16. The maximum Gasteiger partial charge on any atom is 0.101 e. The fraction of sp³-hybridized carbons (Fsp3) is 0.784. The molecule has 1 atom stereocenters. The van der Waals surface area contributed by atoms with Gasteiger partial charge in [0.2, 0.25) is 0 Å². The SMILES string of the molecule is CCCCCCCCCCCCCCC1N(CCCCCCCCCCCCC)C=CN1Cc1ccccc1. The number of hydrogen-bond acceptors (Lipinski definition) is 2. The molecule has 0 fully saturated rings. The van der Waals surface area contributed by atoms with Gasteiger partial charge >= 0.3 is 0 Å². The van der Waals surface area contributed by atoms with Crippen molar-refractivity contribution in [3.8, 4) is 0 Å². The molecule has 1 aromatic rings. The van der Waals surface area contributed by atoms with E-state index in [4.69, 9.17) is 0 Å². The van der Waals surface area contributed by atoms with E-state index in [0.29, 0.717) is 6.17 Å². The summed E-state index contributed by atoms with van der Waals surface area (Å²) < 4.78 is 0. The van der Waals surface area contributed by atoms with Gasteiger partial charge < -0.3 is 9.80 Å². The standard InChI is InChI=1S/C37H66N2/c1-3-5-7-9-11-13-15-16-18-20-22-27-31-37-38(33-34-39(37)35-36-29-25-24-26-30-36)32-28-23-21-19-17-14-12-10-8-6-4-2/h24-26,29-30,33-34,37H,3-23,27-28,31-32,35H2,1-2H3. The Morgan fingerprint density at radius 1 is 0.462 bits per heavy atom. The van der Waals surface area contributed by atoms with Crippen LogP contribution in [0.2, 0.25) is 0 Å². The molecule has 39 heavy (non-hydrogen) atoms. The van der Waals surface area contributed by atoms with Crippen molar-refractivity contribution < 1.29 is 0 Å². The maximum atomic E-state index is 2.66. The molecule has 2 nitrogen and oxygen atoms in total. The summed E-state index contributed by atoms with van der Waals surface area (Å²) in [6, 6.07) is 11.0. The van der Waals surface area contributed by atoms with Gasteiger partial charge in [-0.15, -0.1) is 0 Å². The second-order valence-corrected chi connectivity index (χ2v) is 12.4. The van der Waals surface area contributed by atoms with Gasteiger partial charge in [0.15, 0.2) is 0 Å². The fourth-order valence-corrected chi connectivity index (χ4v) is 6.19. The van der Waals surface area contributed by atoms with Crippen LogP contribution in [0.4, 0.5) is 0 Å². The predicted molar refractivity (Wildman–Crippen MR) is 174 cm³/mol. The minimum absolute atomic E-state index is 0.552. The Morgan fingerprint density at radius 3 is 1.36 bits per heavy atom. The smallest absolute Gasteiger partial charge is 0.101 e. The lowest BCUT2D eigenvalue weighted by molar-refractivity contribution is 0.132. The van der Waals surface area contributed by atoms with Gasteiger partial charge in [-0.2, -0.15) is 0 Å². The number of benzene rings is 1. The van der Waals surface area contributed by atoms with Gasteiger partial charge in [0, 0.05) is 25.5 Å². The van der Waals surface area contributed by atoms with Crippen molar-refractivity contribution in [1.29, 1.82) is 0 Å². The highest BCUT2D eigenvalue weighted by atomic mass is 15.4. The molecule has 0 saturated carbocycles. The average Bonchev–Trinajstić information content (AvgIpc) is 3.33. The van der Waals surface area contributed by atoms with E-state index in [1.54, 1.807) is 0 Å². The summed E-state index contributed by atoms with van der Waals surface area (Å²) in [4.78, 5) is 5.27. The molecule has 0 bridgehead atoms. The zero-order valence-electron chi connectivity index (χ0n) is 26.4. The van der Waals surface area contributed by atoms with Crippen molar-refractivity contribution in [2.24, 2.45) is 0 Å². The first-order chi connectivity index (χ1) is 19.3. The zero-order valence-corrected chi connectivity index (χ0v) is 26.4. The van der Waals surface area contributed by atoms with Crippen molar-refractivity contribution >= 4 is 0 Å². The van der Waals surface area contributed by atoms with E-state index in [0.717, 1.165) is 6.54 Å². The van der Waals surface area contributed by atoms with E-state index in [-0.39, 0.29) is 0 Å². The van der Waals surface area contributed by atoms with Gasteiger partial charge in [-0.25, -0.2) is 0 Å². The third kappa shape index (κ3) is 17.1. The Kier molecular flexibility index (Phi) is 21.1. The molecule has 2 rings (SSSR count). The Morgan fingerprint density at radius 2 is 0.872 bits per heavy atom. The fourth-order valence-electron chi connectivity index (χ4n) is 6.19. The molecule has 0 spiro atoms. The Labute approximate surface area is 245 Å². The lowest BCUT2D eigenvalue weighted by atomic mass is 10.0. The molecule has 1 heterocycles. The highest BCUT2D eigenvalue weighted by Crippen LogP contribution is 2.25. The van der Waals surface area contributed by atoms with E-state index in [1.807, 2.05) is 0 Å². The van der Waals surface area contributed by atoms with E-state index in [1.165, 1.54) is 166 Å². The van der Waals surface area contributed by atoms with Crippen LogP contribution in [0.5, 0.6) is 0 Å². The first-order valence-corrected chi connectivity index (χ1v) is 17.6. The van der Waals surface area contributed by atoms with Gasteiger partial charge in [-0.05, 0) is 24.8 Å². The number of hydrogen-bond donors (Lipinski definition) is 0. The number of nitrogens with zero attached hydrogens (tertiary/aromatic N) is 2. The van der Waals surface area contributed by atoms with Crippen LogP contribution in [0.25, 0.3) is 0 Å². The Balaban J connectivity index is 1.59. The van der Waals surface area contributed by atoms with Gasteiger partial charge in [0.05, 0.1) is 0 Å². The van der Waals surface area contributed by atoms with E-state index < -0.39 is 0 Å². The summed E-state index contributed by atoms with van der Waals surface area (Å²) in [5.74, 6) is 0. The third-order valence-corrected chi connectivity index (χ3v) is 8.76. The Hall–Kier alpha value is -1.44. The van der Waals surface area contributed by atoms with Crippen molar-refractivity contribution in [2.75, 3.05) is 6.54 Å². The Bertz CT molecular complexity index is 669. The number of unbranched alkanes of at least 4 members (excludes halogenated alkanes) is 21. The van der Waals surface area contributed by atoms with Crippen LogP contribution in [0, 0.1) is 0 Å². The monoisotopic (exact) mass is 539 g/mol. The number of rotatable bonds is 27. The average molecular weight is 539 g/mol. The summed E-state index contributed by atoms with van der Waals surface area (Å²) in [6.07, 6.45) is 39.4. The largest absolute Gasteiger partial charge is 0.356 e. The summed E-state index contributed by atoms with van der Waals surface area (Å²) in [5, 5.41) is 0. The normalized spacial score (nSPS) is 15.1. The molecular formula is C37H66N2. The van der Waals surface area contributed by atoms with Crippen LogP contribution in [0.15, 0.2) is 42.7 Å². The molecule has 0 N–H and O–H groups in total. The lowest BCUT2D eigenvalue weighted by Crippen LogP contribution is -2.38. The summed E-state index contributed by atoms with van der Waals surface area (Å²) >= 11 is 0. The van der Waals surface area contributed by atoms with Crippen LogP contribution in [-0.2, 0) is 6.54 Å². The van der Waals surface area contributed by atoms with Gasteiger partial charge in [-0.3, -0.25) is 0 Å². The molecule has 1 aliphatic heterocycles. The minimum Gasteiger partial charge on any atom is -0.356 e. The zero-order chi connectivity index (χ0) is 27.6. The van der Waals surface area contributed by atoms with E-state index in [2.05, 4.69) is 66.4 Å². The molecule has 0 saturated heterocycles. The second-order valence-electron chi connectivity index (χ2n) is 12.4. The second kappa shape index (κ2) is 24.4. The van der Waals surface area contributed by atoms with Crippen LogP contribution < -0.4 is 0 Å². The van der Waals surface area contributed by atoms with Crippen LogP contribution >= 0.6 is 0 Å². The van der Waals surface area contributed by atoms with Crippen molar-refractivity contribution in [3.05, 3.63) is 48.3 Å². The maximum absolute atomic E-state index is 2.66. The van der Waals surface area contributed by atoms with Gasteiger partial charge in [0.25, 0.3) is 0 Å². The highest BCUT2D eigenvalue weighted by Gasteiger charge is 2.25. The lowest BCUT2D eigenvalue weighted by Gasteiger charge is -2.33. The molecule has 0 aliphatic carbocycles. The first kappa shape index (κ1) is 33.8. The molecular weight excluding hydrogens is 472 g/mol. The topological polar surface area (TPSA) is 6.48 Å². The molecule has 0 radical (unpaired) electrons. The van der Waals surface area contributed by atoms with Gasteiger partial charge in [0.1, 0.15) is 6.17 Å². The van der Waals surface area contributed by atoms with Crippen molar-refractivity contribution in [3.63, 3.8) is 0 Å². The van der Waals surface area contributed by atoms with Crippen molar-refractivity contribution in [2.45, 2.75) is 181 Å². The van der Waals surface area contributed by atoms with Crippen LogP contribution in [0.3, 0.4) is 0 Å². The van der Waals surface area contributed by atoms with Gasteiger partial charge in [-0.1, -0.05) is 179 Å². The molecule has 0 aromatic heterocycles. The third-order valence-electron chi connectivity index (χ3n) is 8.76.